The number of methoxy groups -OCH3 is 1. The first-order valence-corrected chi connectivity index (χ1v) is 16.2. The Hall–Kier alpha value is -5.29. The SMILES string of the molecule is CC(=O)NC(C)Cc1ccc(C#Cc2ccnc(Cl)n2)cc1.COCCN(C)c1nccc(C#Cc2ccc(CC(C)NC(C)=O)cc2)n1. The van der Waals surface area contributed by atoms with Gasteiger partial charge in [0.2, 0.25) is 23.0 Å². The summed E-state index contributed by atoms with van der Waals surface area (Å²) >= 11 is 5.71. The van der Waals surface area contributed by atoms with Gasteiger partial charge >= 0.3 is 0 Å². The third kappa shape index (κ3) is 15.0. The van der Waals surface area contributed by atoms with E-state index in [0.717, 1.165) is 35.1 Å². The normalized spacial score (nSPS) is 11.2. The number of ether oxygens (including phenoxy) is 1. The van der Waals surface area contributed by atoms with Gasteiger partial charge in [-0.25, -0.2) is 19.9 Å². The van der Waals surface area contributed by atoms with Crippen molar-refractivity contribution in [3.8, 4) is 23.7 Å². The lowest BCUT2D eigenvalue weighted by atomic mass is 10.1. The van der Waals surface area contributed by atoms with E-state index in [1.807, 2.05) is 74.3 Å². The predicted molar refractivity (Wildman–Crippen MR) is 193 cm³/mol. The van der Waals surface area contributed by atoms with Crippen molar-refractivity contribution >= 4 is 29.4 Å². The summed E-state index contributed by atoms with van der Waals surface area (Å²) in [6.45, 7) is 8.35. The lowest BCUT2D eigenvalue weighted by Gasteiger charge is -2.15. The molecule has 11 heteroatoms. The molecule has 4 rings (SSSR count). The van der Waals surface area contributed by atoms with E-state index in [9.17, 15) is 9.59 Å². The van der Waals surface area contributed by atoms with Crippen molar-refractivity contribution in [2.45, 2.75) is 52.6 Å². The van der Waals surface area contributed by atoms with Crippen LogP contribution in [0, 0.1) is 23.7 Å². The zero-order valence-corrected chi connectivity index (χ0v) is 29.5. The van der Waals surface area contributed by atoms with Gasteiger partial charge in [0.15, 0.2) is 0 Å². The number of nitrogens with zero attached hydrogens (tertiary/aromatic N) is 5. The molecule has 2 aromatic heterocycles. The molecule has 0 radical (unpaired) electrons. The van der Waals surface area contributed by atoms with Crippen LogP contribution in [0.2, 0.25) is 5.28 Å². The fourth-order valence-electron chi connectivity index (χ4n) is 4.56. The van der Waals surface area contributed by atoms with Crippen LogP contribution in [0.3, 0.4) is 0 Å². The van der Waals surface area contributed by atoms with Crippen LogP contribution in [0.1, 0.15) is 61.3 Å². The van der Waals surface area contributed by atoms with Crippen LogP contribution in [0.25, 0.3) is 0 Å². The van der Waals surface area contributed by atoms with E-state index in [1.165, 1.54) is 13.8 Å². The molecule has 0 aliphatic carbocycles. The highest BCUT2D eigenvalue weighted by atomic mass is 35.5. The van der Waals surface area contributed by atoms with Crippen molar-refractivity contribution in [1.29, 1.82) is 0 Å². The van der Waals surface area contributed by atoms with Crippen LogP contribution >= 0.6 is 11.6 Å². The molecule has 0 saturated carbocycles. The van der Waals surface area contributed by atoms with Gasteiger partial charge in [0, 0.05) is 70.2 Å². The Bertz CT molecular complexity index is 1790. The number of benzene rings is 2. The molecule has 2 amide bonds. The molecule has 0 bridgehead atoms. The molecular formula is C38H42ClN7O3. The zero-order valence-electron chi connectivity index (χ0n) is 28.8. The van der Waals surface area contributed by atoms with Gasteiger partial charge in [-0.15, -0.1) is 0 Å². The second-order valence-electron chi connectivity index (χ2n) is 11.4. The number of rotatable bonds is 10. The number of carbonyl (C=O) groups excluding carboxylic acids is 2. The Labute approximate surface area is 294 Å². The lowest BCUT2D eigenvalue weighted by molar-refractivity contribution is -0.120. The maximum atomic E-state index is 11.1. The number of amides is 2. The van der Waals surface area contributed by atoms with E-state index in [0.29, 0.717) is 30.5 Å². The number of carbonyl (C=O) groups is 2. The first-order valence-electron chi connectivity index (χ1n) is 15.8. The van der Waals surface area contributed by atoms with Crippen molar-refractivity contribution < 1.29 is 14.3 Å². The average Bonchev–Trinajstić information content (AvgIpc) is 3.06. The Morgan fingerprint density at radius 2 is 1.22 bits per heavy atom. The van der Waals surface area contributed by atoms with E-state index >= 15 is 0 Å². The molecule has 0 spiro atoms. The minimum absolute atomic E-state index is 0.0120. The molecule has 2 N–H and O–H groups in total. The third-order valence-electron chi connectivity index (χ3n) is 6.80. The van der Waals surface area contributed by atoms with E-state index in [1.54, 1.807) is 31.6 Å². The van der Waals surface area contributed by atoms with Gasteiger partial charge in [0.1, 0.15) is 11.4 Å². The number of hydrogen-bond acceptors (Lipinski definition) is 8. The number of hydrogen-bond donors (Lipinski definition) is 2. The highest BCUT2D eigenvalue weighted by molar-refractivity contribution is 6.28. The van der Waals surface area contributed by atoms with Gasteiger partial charge in [-0.3, -0.25) is 9.59 Å². The topological polar surface area (TPSA) is 122 Å². The second kappa shape index (κ2) is 20.2. The first-order chi connectivity index (χ1) is 23.5. The van der Waals surface area contributed by atoms with E-state index < -0.39 is 0 Å². The average molecular weight is 680 g/mol. The third-order valence-corrected chi connectivity index (χ3v) is 6.98. The monoisotopic (exact) mass is 679 g/mol. The van der Waals surface area contributed by atoms with Crippen molar-refractivity contribution in [1.82, 2.24) is 30.6 Å². The van der Waals surface area contributed by atoms with Crippen LogP contribution in [0.5, 0.6) is 0 Å². The summed E-state index contributed by atoms with van der Waals surface area (Å²) in [5, 5.41) is 5.94. The molecule has 0 fully saturated rings. The number of anilines is 1. The Morgan fingerprint density at radius 1 is 0.755 bits per heavy atom. The summed E-state index contributed by atoms with van der Waals surface area (Å²) in [5.74, 6) is 12.8. The molecule has 254 valence electrons. The summed E-state index contributed by atoms with van der Waals surface area (Å²) in [6.07, 6.45) is 4.86. The number of halogens is 1. The Kier molecular flexibility index (Phi) is 15.7. The van der Waals surface area contributed by atoms with Crippen molar-refractivity contribution in [2.75, 3.05) is 32.2 Å². The van der Waals surface area contributed by atoms with Gasteiger partial charge in [0.25, 0.3) is 0 Å². The van der Waals surface area contributed by atoms with E-state index in [4.69, 9.17) is 16.3 Å². The Balaban J connectivity index is 0.000000271. The van der Waals surface area contributed by atoms with Crippen molar-refractivity contribution in [2.24, 2.45) is 0 Å². The van der Waals surface area contributed by atoms with Crippen molar-refractivity contribution in [3.05, 3.63) is 112 Å². The van der Waals surface area contributed by atoms with Gasteiger partial charge in [-0.2, -0.15) is 0 Å². The van der Waals surface area contributed by atoms with Gasteiger partial charge in [0.05, 0.1) is 6.61 Å². The summed E-state index contributed by atoms with van der Waals surface area (Å²) in [6, 6.07) is 19.7. The quantitative estimate of drug-likeness (QED) is 0.184. The highest BCUT2D eigenvalue weighted by Crippen LogP contribution is 2.09. The smallest absolute Gasteiger partial charge is 0.226 e. The van der Waals surface area contributed by atoms with Crippen LogP contribution in [-0.2, 0) is 27.2 Å². The summed E-state index contributed by atoms with van der Waals surface area (Å²) in [7, 11) is 3.59. The maximum absolute atomic E-state index is 11.1. The molecule has 49 heavy (non-hydrogen) atoms. The van der Waals surface area contributed by atoms with Gasteiger partial charge in [-0.1, -0.05) is 36.1 Å². The van der Waals surface area contributed by atoms with Crippen LogP contribution in [-0.4, -0.2) is 71.1 Å². The fraction of sp³-hybridized carbons (Fsp3) is 0.316. The molecule has 2 atom stereocenters. The lowest BCUT2D eigenvalue weighted by Crippen LogP contribution is -2.31. The number of aromatic nitrogens is 4. The minimum Gasteiger partial charge on any atom is -0.383 e. The first kappa shape index (κ1) is 38.2. The molecule has 0 aliphatic rings. The van der Waals surface area contributed by atoms with Gasteiger partial charge < -0.3 is 20.3 Å². The molecule has 2 heterocycles. The molecule has 10 nitrogen and oxygen atoms in total. The van der Waals surface area contributed by atoms with Crippen molar-refractivity contribution in [3.63, 3.8) is 0 Å². The summed E-state index contributed by atoms with van der Waals surface area (Å²) in [5.41, 5.74) is 5.38. The molecule has 2 unspecified atom stereocenters. The predicted octanol–water partition coefficient (Wildman–Crippen LogP) is 4.62. The standard InChI is InChI=1S/C21H26N4O2.C17H16ClN3O/c1-16(23-17(2)26)15-19-7-5-18(6-8-19)9-10-20-11-12-22-21(24-20)25(3)13-14-27-4;1-12(20-13(2)22)11-15-5-3-14(4-6-15)7-8-16-9-10-19-17(18)21-16/h5-8,11-12,16H,13-15H2,1-4H3,(H,23,26);3-6,9-10,12H,11H2,1-2H3,(H,20,22). The molecular weight excluding hydrogens is 638 g/mol. The van der Waals surface area contributed by atoms with Crippen LogP contribution in [0.4, 0.5) is 5.95 Å². The zero-order chi connectivity index (χ0) is 35.6. The van der Waals surface area contributed by atoms with E-state index in [2.05, 4.69) is 54.3 Å². The number of likely N-dealkylation sites (N-methyl/N-ethyl adjacent to an activating group) is 1. The van der Waals surface area contributed by atoms with Gasteiger partial charge in [-0.05, 0) is 97.7 Å². The molecule has 2 aromatic carbocycles. The summed E-state index contributed by atoms with van der Waals surface area (Å²) < 4.78 is 5.08. The largest absolute Gasteiger partial charge is 0.383 e. The fourth-order valence-corrected chi connectivity index (χ4v) is 4.71. The summed E-state index contributed by atoms with van der Waals surface area (Å²) in [4.78, 5) is 40.6. The minimum atomic E-state index is -0.0153. The Morgan fingerprint density at radius 3 is 1.67 bits per heavy atom. The molecule has 4 aromatic rings. The highest BCUT2D eigenvalue weighted by Gasteiger charge is 2.06. The van der Waals surface area contributed by atoms with E-state index in [-0.39, 0.29) is 29.2 Å². The van der Waals surface area contributed by atoms with Crippen LogP contribution < -0.4 is 15.5 Å². The van der Waals surface area contributed by atoms with Crippen LogP contribution in [0.15, 0.2) is 73.1 Å². The maximum Gasteiger partial charge on any atom is 0.226 e. The molecule has 0 aliphatic heterocycles. The second-order valence-corrected chi connectivity index (χ2v) is 11.7. The molecule has 0 saturated heterocycles. The number of nitrogens with one attached hydrogen (secondary N) is 2.